The van der Waals surface area contributed by atoms with Crippen molar-refractivity contribution >= 4 is 11.8 Å². The zero-order chi connectivity index (χ0) is 9.84. The van der Waals surface area contributed by atoms with Gasteiger partial charge in [-0.3, -0.25) is 9.59 Å². The Labute approximate surface area is 75.5 Å². The molecule has 2 amide bonds. The first-order valence-electron chi connectivity index (χ1n) is 3.82. The topological polar surface area (TPSA) is 74.0 Å². The van der Waals surface area contributed by atoms with Gasteiger partial charge in [0.25, 0.3) is 11.8 Å². The van der Waals surface area contributed by atoms with E-state index in [9.17, 15) is 9.59 Å². The summed E-state index contributed by atoms with van der Waals surface area (Å²) in [7, 11) is 3.06. The van der Waals surface area contributed by atoms with Gasteiger partial charge in [-0.15, -0.1) is 0 Å². The minimum absolute atomic E-state index is 0.241. The molecule has 0 aromatic carbocycles. The molecule has 0 bridgehead atoms. The van der Waals surface area contributed by atoms with Crippen molar-refractivity contribution < 1.29 is 9.59 Å². The maximum absolute atomic E-state index is 11.1. The lowest BCUT2D eigenvalue weighted by atomic mass is 10.4. The van der Waals surface area contributed by atoms with Crippen molar-refractivity contribution in [3.8, 4) is 0 Å². The van der Waals surface area contributed by atoms with Crippen LogP contribution >= 0.6 is 0 Å². The van der Waals surface area contributed by atoms with Crippen molar-refractivity contribution in [1.29, 1.82) is 0 Å². The molecule has 0 saturated carbocycles. The number of H-pyrrole nitrogens is 1. The summed E-state index contributed by atoms with van der Waals surface area (Å²) in [5.41, 5.74) is 0.752. The molecule has 1 heterocycles. The number of carbonyl (C=O) groups is 2. The Kier molecular flexibility index (Phi) is 2.69. The van der Waals surface area contributed by atoms with E-state index in [1.807, 2.05) is 0 Å². The SMILES string of the molecule is CNC(=O)c1ccc(C(=O)NC)[nH]1. The number of aromatic amines is 1. The van der Waals surface area contributed by atoms with E-state index in [4.69, 9.17) is 0 Å². The molecular formula is C8H11N3O2. The fraction of sp³-hybridized carbons (Fsp3) is 0.250. The minimum Gasteiger partial charge on any atom is -0.354 e. The quantitative estimate of drug-likeness (QED) is 0.587. The van der Waals surface area contributed by atoms with Crippen molar-refractivity contribution in [2.24, 2.45) is 0 Å². The highest BCUT2D eigenvalue weighted by atomic mass is 16.2. The third-order valence-electron chi connectivity index (χ3n) is 1.63. The van der Waals surface area contributed by atoms with E-state index in [2.05, 4.69) is 15.6 Å². The van der Waals surface area contributed by atoms with Crippen LogP contribution in [0.3, 0.4) is 0 Å². The van der Waals surface area contributed by atoms with Gasteiger partial charge in [-0.25, -0.2) is 0 Å². The normalized spacial score (nSPS) is 9.38. The van der Waals surface area contributed by atoms with E-state index in [1.54, 1.807) is 12.1 Å². The third-order valence-corrected chi connectivity index (χ3v) is 1.63. The fourth-order valence-electron chi connectivity index (χ4n) is 0.929. The van der Waals surface area contributed by atoms with Crippen LogP contribution in [0.1, 0.15) is 21.0 Å². The average Bonchev–Trinajstić information content (AvgIpc) is 2.64. The number of amides is 2. The molecule has 1 rings (SSSR count). The van der Waals surface area contributed by atoms with Crippen LogP contribution in [0.2, 0.25) is 0 Å². The standard InChI is InChI=1S/C8H11N3O2/c1-9-7(12)5-3-4-6(11-5)8(13)10-2/h3-4,11H,1-2H3,(H,9,12)(H,10,13). The fourth-order valence-corrected chi connectivity index (χ4v) is 0.929. The van der Waals surface area contributed by atoms with Gasteiger partial charge in [-0.2, -0.15) is 0 Å². The Morgan fingerprint density at radius 2 is 1.46 bits per heavy atom. The Morgan fingerprint density at radius 3 is 1.77 bits per heavy atom. The van der Waals surface area contributed by atoms with Crippen molar-refractivity contribution in [3.05, 3.63) is 23.5 Å². The maximum Gasteiger partial charge on any atom is 0.267 e. The Morgan fingerprint density at radius 1 is 1.08 bits per heavy atom. The summed E-state index contributed by atoms with van der Waals surface area (Å²) < 4.78 is 0. The first kappa shape index (κ1) is 9.31. The maximum atomic E-state index is 11.1. The number of rotatable bonds is 2. The molecule has 0 atom stereocenters. The van der Waals surface area contributed by atoms with Gasteiger partial charge in [-0.05, 0) is 12.1 Å². The van der Waals surface area contributed by atoms with Crippen LogP contribution in [0.4, 0.5) is 0 Å². The summed E-state index contributed by atoms with van der Waals surface area (Å²) in [5, 5.41) is 4.90. The van der Waals surface area contributed by atoms with Gasteiger partial charge < -0.3 is 15.6 Å². The number of nitrogens with one attached hydrogen (secondary N) is 3. The predicted molar refractivity (Wildman–Crippen MR) is 47.6 cm³/mol. The van der Waals surface area contributed by atoms with Gasteiger partial charge >= 0.3 is 0 Å². The second kappa shape index (κ2) is 3.75. The van der Waals surface area contributed by atoms with E-state index < -0.39 is 0 Å². The predicted octanol–water partition coefficient (Wildman–Crippen LogP) is -0.266. The van der Waals surface area contributed by atoms with E-state index in [-0.39, 0.29) is 11.8 Å². The van der Waals surface area contributed by atoms with Gasteiger partial charge in [0.1, 0.15) is 11.4 Å². The largest absolute Gasteiger partial charge is 0.354 e. The number of aromatic nitrogens is 1. The monoisotopic (exact) mass is 181 g/mol. The number of hydrogen-bond acceptors (Lipinski definition) is 2. The van der Waals surface area contributed by atoms with Crippen LogP contribution in [-0.2, 0) is 0 Å². The molecule has 0 saturated heterocycles. The van der Waals surface area contributed by atoms with Crippen LogP contribution in [-0.4, -0.2) is 30.9 Å². The molecule has 5 nitrogen and oxygen atoms in total. The average molecular weight is 181 g/mol. The molecule has 0 spiro atoms. The van der Waals surface area contributed by atoms with E-state index in [0.717, 1.165) is 0 Å². The van der Waals surface area contributed by atoms with E-state index in [1.165, 1.54) is 14.1 Å². The van der Waals surface area contributed by atoms with Crippen molar-refractivity contribution in [2.45, 2.75) is 0 Å². The molecule has 1 aromatic rings. The first-order chi connectivity index (χ1) is 6.19. The third kappa shape index (κ3) is 1.87. The second-order valence-corrected chi connectivity index (χ2v) is 2.44. The van der Waals surface area contributed by atoms with Crippen LogP contribution in [0.15, 0.2) is 12.1 Å². The van der Waals surface area contributed by atoms with Crippen LogP contribution in [0, 0.1) is 0 Å². The van der Waals surface area contributed by atoms with Crippen molar-refractivity contribution in [2.75, 3.05) is 14.1 Å². The van der Waals surface area contributed by atoms with Crippen LogP contribution < -0.4 is 10.6 Å². The minimum atomic E-state index is -0.241. The summed E-state index contributed by atoms with van der Waals surface area (Å²) in [6, 6.07) is 3.12. The highest BCUT2D eigenvalue weighted by molar-refractivity contribution is 5.97. The molecule has 70 valence electrons. The molecule has 0 aliphatic carbocycles. The summed E-state index contributed by atoms with van der Waals surface area (Å²) in [4.78, 5) is 24.8. The molecule has 0 unspecified atom stereocenters. The molecule has 5 heteroatoms. The van der Waals surface area contributed by atoms with Crippen molar-refractivity contribution in [3.63, 3.8) is 0 Å². The Balaban J connectivity index is 2.86. The van der Waals surface area contributed by atoms with Crippen molar-refractivity contribution in [1.82, 2.24) is 15.6 Å². The van der Waals surface area contributed by atoms with Gasteiger partial charge in [0.2, 0.25) is 0 Å². The highest BCUT2D eigenvalue weighted by Crippen LogP contribution is 2.01. The van der Waals surface area contributed by atoms with Gasteiger partial charge in [0.15, 0.2) is 0 Å². The zero-order valence-corrected chi connectivity index (χ0v) is 7.47. The van der Waals surface area contributed by atoms with Gasteiger partial charge in [-0.1, -0.05) is 0 Å². The molecule has 3 N–H and O–H groups in total. The van der Waals surface area contributed by atoms with Crippen LogP contribution in [0.25, 0.3) is 0 Å². The number of hydrogen-bond donors (Lipinski definition) is 3. The van der Waals surface area contributed by atoms with E-state index in [0.29, 0.717) is 11.4 Å². The highest BCUT2D eigenvalue weighted by Gasteiger charge is 2.09. The molecular weight excluding hydrogens is 170 g/mol. The molecule has 0 fully saturated rings. The summed E-state index contributed by atoms with van der Waals surface area (Å²) >= 11 is 0. The van der Waals surface area contributed by atoms with Gasteiger partial charge in [0, 0.05) is 14.1 Å². The Bertz CT molecular complexity index is 299. The molecule has 13 heavy (non-hydrogen) atoms. The smallest absolute Gasteiger partial charge is 0.267 e. The molecule has 0 aliphatic rings. The zero-order valence-electron chi connectivity index (χ0n) is 7.47. The lowest BCUT2D eigenvalue weighted by Gasteiger charge is -1.95. The second-order valence-electron chi connectivity index (χ2n) is 2.44. The summed E-state index contributed by atoms with van der Waals surface area (Å²) in [5.74, 6) is -0.481. The van der Waals surface area contributed by atoms with Gasteiger partial charge in [0.05, 0.1) is 0 Å². The van der Waals surface area contributed by atoms with Crippen LogP contribution in [0.5, 0.6) is 0 Å². The molecule has 0 radical (unpaired) electrons. The Hall–Kier alpha value is -1.78. The lowest BCUT2D eigenvalue weighted by molar-refractivity contribution is 0.0957. The summed E-state index contributed by atoms with van der Waals surface area (Å²) in [6.07, 6.45) is 0. The number of carbonyl (C=O) groups excluding carboxylic acids is 2. The lowest BCUT2D eigenvalue weighted by Crippen LogP contribution is -2.20. The summed E-state index contributed by atoms with van der Waals surface area (Å²) in [6.45, 7) is 0. The van der Waals surface area contributed by atoms with E-state index >= 15 is 0 Å². The molecule has 0 aliphatic heterocycles. The molecule has 1 aromatic heterocycles. The first-order valence-corrected chi connectivity index (χ1v) is 3.82.